The predicted molar refractivity (Wildman–Crippen MR) is 118 cm³/mol. The monoisotopic (exact) mass is 394 g/mol. The van der Waals surface area contributed by atoms with E-state index in [-0.39, 0.29) is 0 Å². The Balaban J connectivity index is 1.97. The van der Waals surface area contributed by atoms with Crippen molar-refractivity contribution in [2.75, 3.05) is 0 Å². The standard InChI is InChI=1S/C26H18O2S/c27-29(28,20-13-5-2-6-14-20)26-24-18-10-8-16-22(24)23-17-9-7-15-21(25(23)26)19-11-3-1-4-12-19/h1-18H. The molecule has 0 heterocycles. The van der Waals surface area contributed by atoms with Crippen molar-refractivity contribution in [1.82, 2.24) is 0 Å². The predicted octanol–water partition coefficient (Wildman–Crippen LogP) is 6.44. The van der Waals surface area contributed by atoms with Gasteiger partial charge in [-0.05, 0) is 34.2 Å². The van der Waals surface area contributed by atoms with Gasteiger partial charge in [0.25, 0.3) is 0 Å². The van der Waals surface area contributed by atoms with Crippen LogP contribution in [0, 0.1) is 0 Å². The highest BCUT2D eigenvalue weighted by molar-refractivity contribution is 7.92. The second kappa shape index (κ2) is 6.87. The van der Waals surface area contributed by atoms with Crippen molar-refractivity contribution in [2.45, 2.75) is 9.79 Å². The third kappa shape index (κ3) is 2.82. The zero-order valence-electron chi connectivity index (χ0n) is 15.6. The molecule has 3 aromatic carbocycles. The van der Waals surface area contributed by atoms with Gasteiger partial charge in [0.1, 0.15) is 0 Å². The minimum absolute atomic E-state index is 0.308. The van der Waals surface area contributed by atoms with E-state index in [9.17, 15) is 8.42 Å². The summed E-state index contributed by atoms with van der Waals surface area (Å²) >= 11 is 0. The van der Waals surface area contributed by atoms with Crippen LogP contribution in [0.15, 0.2) is 119 Å². The average molecular weight is 394 g/mol. The Bertz CT molecular complexity index is 1390. The quantitative estimate of drug-likeness (QED) is 0.353. The van der Waals surface area contributed by atoms with Crippen molar-refractivity contribution in [3.8, 4) is 22.3 Å². The number of hydrogen-bond acceptors (Lipinski definition) is 2. The van der Waals surface area contributed by atoms with E-state index in [1.54, 1.807) is 24.3 Å². The van der Waals surface area contributed by atoms with Gasteiger partial charge < -0.3 is 0 Å². The Morgan fingerprint density at radius 3 is 1.69 bits per heavy atom. The first-order valence-electron chi connectivity index (χ1n) is 9.47. The van der Waals surface area contributed by atoms with Gasteiger partial charge >= 0.3 is 0 Å². The van der Waals surface area contributed by atoms with Crippen LogP contribution < -0.4 is 0 Å². The van der Waals surface area contributed by atoms with E-state index in [4.69, 9.17) is 0 Å². The summed E-state index contributed by atoms with van der Waals surface area (Å²) in [5.41, 5.74) is 3.62. The van der Waals surface area contributed by atoms with E-state index < -0.39 is 9.84 Å². The summed E-state index contributed by atoms with van der Waals surface area (Å²) in [5.74, 6) is 0. The summed E-state index contributed by atoms with van der Waals surface area (Å²) < 4.78 is 27.6. The lowest BCUT2D eigenvalue weighted by Gasteiger charge is -2.10. The molecule has 0 radical (unpaired) electrons. The maximum atomic E-state index is 13.8. The second-order valence-electron chi connectivity index (χ2n) is 6.98. The van der Waals surface area contributed by atoms with Crippen LogP contribution in [0.25, 0.3) is 33.0 Å². The molecule has 29 heavy (non-hydrogen) atoms. The van der Waals surface area contributed by atoms with Gasteiger partial charge in [-0.3, -0.25) is 0 Å². The molecule has 0 aromatic heterocycles. The van der Waals surface area contributed by atoms with Crippen LogP contribution in [-0.2, 0) is 9.84 Å². The Morgan fingerprint density at radius 2 is 1.00 bits per heavy atom. The van der Waals surface area contributed by atoms with Gasteiger partial charge in [0.15, 0.2) is 0 Å². The molecule has 5 rings (SSSR count). The number of fused-ring (bicyclic) bond motifs is 3. The minimum atomic E-state index is -3.71. The van der Waals surface area contributed by atoms with Gasteiger partial charge in [-0.25, -0.2) is 8.42 Å². The molecule has 0 bridgehead atoms. The van der Waals surface area contributed by atoms with Crippen LogP contribution in [0.1, 0.15) is 0 Å². The van der Waals surface area contributed by atoms with E-state index >= 15 is 0 Å². The molecule has 2 nitrogen and oxygen atoms in total. The maximum absolute atomic E-state index is 13.8. The van der Waals surface area contributed by atoms with E-state index in [2.05, 4.69) is 0 Å². The fourth-order valence-electron chi connectivity index (χ4n) is 3.99. The molecule has 0 atom stereocenters. The van der Waals surface area contributed by atoms with Crippen LogP contribution in [0.3, 0.4) is 0 Å². The van der Waals surface area contributed by atoms with Crippen LogP contribution in [0.5, 0.6) is 0 Å². The first kappa shape index (κ1) is 17.7. The van der Waals surface area contributed by atoms with Crippen LogP contribution in [0.2, 0.25) is 0 Å². The third-order valence-electron chi connectivity index (χ3n) is 5.27. The number of hydrogen-bond donors (Lipinski definition) is 0. The lowest BCUT2D eigenvalue weighted by Crippen LogP contribution is -2.02. The largest absolute Gasteiger partial charge is 0.218 e. The van der Waals surface area contributed by atoms with Gasteiger partial charge in [0.2, 0.25) is 9.84 Å². The highest BCUT2D eigenvalue weighted by atomic mass is 32.2. The molecule has 2 aliphatic rings. The summed E-state index contributed by atoms with van der Waals surface area (Å²) in [4.78, 5) is 0.688. The van der Waals surface area contributed by atoms with Crippen molar-refractivity contribution in [3.05, 3.63) is 109 Å². The maximum Gasteiger partial charge on any atom is 0.207 e. The molecule has 0 spiro atoms. The third-order valence-corrected chi connectivity index (χ3v) is 7.13. The van der Waals surface area contributed by atoms with Crippen molar-refractivity contribution < 1.29 is 8.42 Å². The summed E-state index contributed by atoms with van der Waals surface area (Å²) in [5, 5.41) is 1.71. The lowest BCUT2D eigenvalue weighted by molar-refractivity contribution is 0.597. The molecule has 0 N–H and O–H groups in total. The fraction of sp³-hybridized carbons (Fsp3) is 0. The normalized spacial score (nSPS) is 11.7. The highest BCUT2D eigenvalue weighted by Crippen LogP contribution is 2.47. The van der Waals surface area contributed by atoms with Crippen LogP contribution in [-0.4, -0.2) is 8.42 Å². The van der Waals surface area contributed by atoms with E-state index in [0.29, 0.717) is 9.79 Å². The fourth-order valence-corrected chi connectivity index (χ4v) is 5.70. The molecular weight excluding hydrogens is 376 g/mol. The molecule has 0 unspecified atom stereocenters. The Hall–Kier alpha value is -3.43. The number of rotatable bonds is 3. The van der Waals surface area contributed by atoms with E-state index in [0.717, 1.165) is 33.0 Å². The average Bonchev–Trinajstić information content (AvgIpc) is 2.94. The molecule has 2 aliphatic carbocycles. The van der Waals surface area contributed by atoms with Crippen molar-refractivity contribution >= 4 is 20.6 Å². The SMILES string of the molecule is O=S(=O)(c1ccccc1)c1c2c(-c3ccccc3)ccccc-2c2ccccc12. The zero-order valence-corrected chi connectivity index (χ0v) is 16.4. The second-order valence-corrected chi connectivity index (χ2v) is 8.86. The van der Waals surface area contributed by atoms with Gasteiger partial charge in [0, 0.05) is 10.9 Å². The van der Waals surface area contributed by atoms with Crippen molar-refractivity contribution in [1.29, 1.82) is 0 Å². The van der Waals surface area contributed by atoms with Gasteiger partial charge in [-0.15, -0.1) is 0 Å². The van der Waals surface area contributed by atoms with Gasteiger partial charge in [0.05, 0.1) is 9.79 Å². The minimum Gasteiger partial charge on any atom is -0.218 e. The highest BCUT2D eigenvalue weighted by Gasteiger charge is 2.30. The summed E-state index contributed by atoms with van der Waals surface area (Å²) in [6.45, 7) is 0. The summed E-state index contributed by atoms with van der Waals surface area (Å²) in [6, 6.07) is 34.3. The van der Waals surface area contributed by atoms with Crippen LogP contribution in [0.4, 0.5) is 0 Å². The number of benzene rings is 3. The molecule has 0 amide bonds. The zero-order chi connectivity index (χ0) is 19.8. The van der Waals surface area contributed by atoms with Crippen molar-refractivity contribution in [3.63, 3.8) is 0 Å². The molecular formula is C26H18O2S. The smallest absolute Gasteiger partial charge is 0.207 e. The summed E-state index contributed by atoms with van der Waals surface area (Å²) in [7, 11) is -3.71. The van der Waals surface area contributed by atoms with E-state index in [1.165, 1.54) is 0 Å². The first-order chi connectivity index (χ1) is 14.2. The molecule has 0 saturated carbocycles. The topological polar surface area (TPSA) is 34.1 Å². The first-order valence-corrected chi connectivity index (χ1v) is 11.0. The Labute approximate surface area is 170 Å². The lowest BCUT2D eigenvalue weighted by atomic mass is 9.99. The molecule has 0 fully saturated rings. The molecule has 0 aliphatic heterocycles. The van der Waals surface area contributed by atoms with E-state index in [1.807, 2.05) is 84.9 Å². The molecule has 3 aromatic rings. The van der Waals surface area contributed by atoms with Crippen LogP contribution >= 0.6 is 0 Å². The molecule has 0 saturated heterocycles. The molecule has 140 valence electrons. The van der Waals surface area contributed by atoms with Gasteiger partial charge in [-0.2, -0.15) is 0 Å². The number of sulfone groups is 1. The molecule has 3 heteroatoms. The van der Waals surface area contributed by atoms with Crippen molar-refractivity contribution in [2.24, 2.45) is 0 Å². The Kier molecular flexibility index (Phi) is 4.18. The van der Waals surface area contributed by atoms with Gasteiger partial charge in [-0.1, -0.05) is 97.1 Å². The summed E-state index contributed by atoms with van der Waals surface area (Å²) in [6.07, 6.45) is 0. The Morgan fingerprint density at radius 1 is 0.483 bits per heavy atom.